The molecule has 0 fully saturated rings. The summed E-state index contributed by atoms with van der Waals surface area (Å²) >= 11 is 6.24. The van der Waals surface area contributed by atoms with Gasteiger partial charge in [0, 0.05) is 0 Å². The van der Waals surface area contributed by atoms with Gasteiger partial charge in [-0.15, -0.1) is 11.6 Å². The number of carboxylic acids is 1. The molecule has 18 heavy (non-hydrogen) atoms. The van der Waals surface area contributed by atoms with E-state index in [0.717, 1.165) is 11.1 Å². The summed E-state index contributed by atoms with van der Waals surface area (Å²) in [4.78, 5) is 9.85. The Hall–Kier alpha value is -1.58. The van der Waals surface area contributed by atoms with Crippen LogP contribution in [0.3, 0.4) is 0 Å². The van der Waals surface area contributed by atoms with E-state index in [1.807, 2.05) is 42.5 Å². The van der Waals surface area contributed by atoms with Crippen LogP contribution < -0.4 is 5.73 Å². The van der Waals surface area contributed by atoms with Crippen molar-refractivity contribution in [2.24, 2.45) is 5.73 Å². The Morgan fingerprint density at radius 2 is 2.06 bits per heavy atom. The van der Waals surface area contributed by atoms with Gasteiger partial charge in [0.2, 0.25) is 0 Å². The zero-order valence-corrected chi connectivity index (χ0v) is 10.5. The molecule has 0 aromatic heterocycles. The number of benzene rings is 1. The fourth-order valence-electron chi connectivity index (χ4n) is 1.91. The van der Waals surface area contributed by atoms with Gasteiger partial charge >= 0.3 is 5.97 Å². The number of rotatable bonds is 3. The lowest BCUT2D eigenvalue weighted by molar-refractivity contribution is -0.139. The van der Waals surface area contributed by atoms with E-state index in [2.05, 4.69) is 0 Å². The van der Waals surface area contributed by atoms with Crippen LogP contribution in [-0.2, 0) is 4.79 Å². The minimum absolute atomic E-state index is 0.406. The Labute approximate surface area is 111 Å². The van der Waals surface area contributed by atoms with Gasteiger partial charge in [0.05, 0.1) is 4.87 Å². The highest BCUT2D eigenvalue weighted by Crippen LogP contribution is 2.33. The van der Waals surface area contributed by atoms with Gasteiger partial charge in [0.15, 0.2) is 0 Å². The van der Waals surface area contributed by atoms with Crippen molar-refractivity contribution in [3.8, 4) is 0 Å². The summed E-state index contributed by atoms with van der Waals surface area (Å²) in [6.45, 7) is 0. The van der Waals surface area contributed by atoms with E-state index in [1.165, 1.54) is 0 Å². The summed E-state index contributed by atoms with van der Waals surface area (Å²) in [7, 11) is 0. The molecule has 1 aromatic carbocycles. The number of aliphatic carboxylic acids is 1. The van der Waals surface area contributed by atoms with Crippen molar-refractivity contribution in [2.45, 2.75) is 17.3 Å². The van der Waals surface area contributed by atoms with Crippen LogP contribution in [-0.4, -0.2) is 22.0 Å². The highest BCUT2D eigenvalue weighted by Gasteiger charge is 2.37. The molecule has 1 aliphatic rings. The summed E-state index contributed by atoms with van der Waals surface area (Å²) < 4.78 is 0. The second-order valence-corrected chi connectivity index (χ2v) is 5.01. The fraction of sp³-hybridized carbons (Fsp3) is 0.214. The smallest absolute Gasteiger partial charge is 0.322 e. The maximum Gasteiger partial charge on any atom is 0.322 e. The molecule has 0 bridgehead atoms. The average Bonchev–Trinajstić information content (AvgIpc) is 2.39. The van der Waals surface area contributed by atoms with Crippen LogP contribution in [0, 0.1) is 0 Å². The van der Waals surface area contributed by atoms with Crippen molar-refractivity contribution in [2.75, 3.05) is 0 Å². The second kappa shape index (κ2) is 4.96. The summed E-state index contributed by atoms with van der Waals surface area (Å²) in [5, 5.41) is 8.92. The molecule has 0 saturated carbocycles. The molecule has 0 heterocycles. The molecule has 3 N–H and O–H groups in total. The molecule has 2 atom stereocenters. The third-order valence-corrected chi connectivity index (χ3v) is 3.58. The summed E-state index contributed by atoms with van der Waals surface area (Å²) in [6, 6.07) is 8.74. The minimum Gasteiger partial charge on any atom is -0.480 e. The molecule has 3 nitrogen and oxygen atoms in total. The Morgan fingerprint density at radius 3 is 2.56 bits per heavy atom. The monoisotopic (exact) mass is 263 g/mol. The normalized spacial score (nSPS) is 24.4. The molecule has 0 aliphatic heterocycles. The lowest BCUT2D eigenvalue weighted by Gasteiger charge is -2.29. The number of halogens is 1. The van der Waals surface area contributed by atoms with Gasteiger partial charge < -0.3 is 10.8 Å². The van der Waals surface area contributed by atoms with Crippen molar-refractivity contribution >= 4 is 23.1 Å². The molecule has 2 unspecified atom stereocenters. The number of alkyl halides is 1. The standard InChI is InChI=1S/C14H14ClNO2/c15-14(12(16)13(17)18)8-6-11(7-9-14)10-4-2-1-3-5-10/h1-8,12H,9,16H2,(H,17,18). The third kappa shape index (κ3) is 2.47. The van der Waals surface area contributed by atoms with E-state index in [9.17, 15) is 4.79 Å². The average molecular weight is 264 g/mol. The van der Waals surface area contributed by atoms with E-state index in [0.29, 0.717) is 6.42 Å². The molecule has 1 aliphatic carbocycles. The molecule has 0 spiro atoms. The first-order valence-electron chi connectivity index (χ1n) is 5.65. The van der Waals surface area contributed by atoms with Crippen LogP contribution in [0.5, 0.6) is 0 Å². The van der Waals surface area contributed by atoms with E-state index < -0.39 is 16.9 Å². The number of nitrogens with two attached hydrogens (primary N) is 1. The van der Waals surface area contributed by atoms with E-state index >= 15 is 0 Å². The quantitative estimate of drug-likeness (QED) is 0.824. The second-order valence-electron chi connectivity index (χ2n) is 4.31. The first-order valence-corrected chi connectivity index (χ1v) is 6.03. The van der Waals surface area contributed by atoms with Crippen molar-refractivity contribution < 1.29 is 9.90 Å². The van der Waals surface area contributed by atoms with Crippen molar-refractivity contribution in [3.05, 3.63) is 54.1 Å². The zero-order chi connectivity index (χ0) is 13.2. The van der Waals surface area contributed by atoms with E-state index in [-0.39, 0.29) is 0 Å². The topological polar surface area (TPSA) is 63.3 Å². The van der Waals surface area contributed by atoms with Crippen LogP contribution in [0.4, 0.5) is 0 Å². The molecular formula is C14H14ClNO2. The molecule has 2 rings (SSSR count). The lowest BCUT2D eigenvalue weighted by Crippen LogP contribution is -2.48. The lowest BCUT2D eigenvalue weighted by atomic mass is 9.88. The molecule has 4 heteroatoms. The van der Waals surface area contributed by atoms with Crippen LogP contribution in [0.1, 0.15) is 12.0 Å². The summed E-state index contributed by atoms with van der Waals surface area (Å²) in [6.07, 6.45) is 5.83. The van der Waals surface area contributed by atoms with E-state index in [1.54, 1.807) is 6.08 Å². The molecule has 0 amide bonds. The maximum absolute atomic E-state index is 10.9. The predicted octanol–water partition coefficient (Wildman–Crippen LogP) is 2.42. The number of carbonyl (C=O) groups is 1. The van der Waals surface area contributed by atoms with Gasteiger partial charge in [0.25, 0.3) is 0 Å². The highest BCUT2D eigenvalue weighted by molar-refractivity contribution is 6.27. The fourth-order valence-corrected chi connectivity index (χ4v) is 2.14. The number of hydrogen-bond acceptors (Lipinski definition) is 2. The molecule has 94 valence electrons. The van der Waals surface area contributed by atoms with Gasteiger partial charge in [-0.1, -0.05) is 48.6 Å². The Balaban J connectivity index is 2.19. The zero-order valence-electron chi connectivity index (χ0n) is 9.71. The van der Waals surface area contributed by atoms with Crippen LogP contribution in [0.15, 0.2) is 48.6 Å². The van der Waals surface area contributed by atoms with Gasteiger partial charge in [-0.2, -0.15) is 0 Å². The number of carboxylic acid groups (broad SMARTS) is 1. The molecular weight excluding hydrogens is 250 g/mol. The maximum atomic E-state index is 10.9. The van der Waals surface area contributed by atoms with Gasteiger partial charge in [-0.3, -0.25) is 4.79 Å². The van der Waals surface area contributed by atoms with Crippen LogP contribution >= 0.6 is 11.6 Å². The van der Waals surface area contributed by atoms with Crippen LogP contribution in [0.2, 0.25) is 0 Å². The number of allylic oxidation sites excluding steroid dienone is 3. The summed E-state index contributed by atoms with van der Waals surface area (Å²) in [5.74, 6) is -1.09. The molecule has 0 saturated heterocycles. The molecule has 0 radical (unpaired) electrons. The Morgan fingerprint density at radius 1 is 1.39 bits per heavy atom. The number of hydrogen-bond donors (Lipinski definition) is 2. The predicted molar refractivity (Wildman–Crippen MR) is 72.4 cm³/mol. The largest absolute Gasteiger partial charge is 0.480 e. The van der Waals surface area contributed by atoms with Crippen LogP contribution in [0.25, 0.3) is 5.57 Å². The SMILES string of the molecule is NC(C(=O)O)C1(Cl)C=CC(c2ccccc2)=CC1. The first-order chi connectivity index (χ1) is 8.53. The van der Waals surface area contributed by atoms with Crippen molar-refractivity contribution in [3.63, 3.8) is 0 Å². The summed E-state index contributed by atoms with van der Waals surface area (Å²) in [5.41, 5.74) is 7.71. The minimum atomic E-state index is -1.11. The first kappa shape index (κ1) is 12.9. The van der Waals surface area contributed by atoms with Gasteiger partial charge in [-0.05, 0) is 17.6 Å². The highest BCUT2D eigenvalue weighted by atomic mass is 35.5. The third-order valence-electron chi connectivity index (χ3n) is 3.06. The van der Waals surface area contributed by atoms with Crippen molar-refractivity contribution in [1.82, 2.24) is 0 Å². The Kier molecular flexibility index (Phi) is 3.55. The Bertz CT molecular complexity index is 510. The van der Waals surface area contributed by atoms with Gasteiger partial charge in [-0.25, -0.2) is 0 Å². The van der Waals surface area contributed by atoms with E-state index in [4.69, 9.17) is 22.4 Å². The molecule has 1 aromatic rings. The van der Waals surface area contributed by atoms with Crippen molar-refractivity contribution in [1.29, 1.82) is 0 Å². The van der Waals surface area contributed by atoms with Gasteiger partial charge in [0.1, 0.15) is 6.04 Å².